The average molecular weight is 417 g/mol. The summed E-state index contributed by atoms with van der Waals surface area (Å²) in [5.41, 5.74) is 5.39. The molecule has 0 spiro atoms. The number of unbranched alkanes of at least 4 members (excludes halogenated alkanes) is 3. The van der Waals surface area contributed by atoms with E-state index in [1.165, 1.54) is 10.8 Å². The second-order valence-electron chi connectivity index (χ2n) is 7.55. The number of hydrogen-bond donors (Lipinski definition) is 3. The van der Waals surface area contributed by atoms with Crippen LogP contribution in [0.1, 0.15) is 50.3 Å². The number of aryl methyl sites for hydroxylation is 1. The number of rotatable bonds is 8. The van der Waals surface area contributed by atoms with Gasteiger partial charge < -0.3 is 25.4 Å². The number of nitrogen functional groups attached to an aromatic ring is 1. The second kappa shape index (κ2) is 8.95. The number of carbonyl (C=O) groups is 1. The van der Waals surface area contributed by atoms with Crippen LogP contribution in [0.15, 0.2) is 12.4 Å². The average Bonchev–Trinajstić information content (AvgIpc) is 3.20. The minimum absolute atomic E-state index is 0.212. The van der Waals surface area contributed by atoms with E-state index in [2.05, 4.69) is 17.0 Å². The monoisotopic (exact) mass is 417 g/mol. The van der Waals surface area contributed by atoms with Gasteiger partial charge in [0.15, 0.2) is 5.82 Å². The molecule has 2 aromatic heterocycles. The third-order valence-electron chi connectivity index (χ3n) is 5.42. The third kappa shape index (κ3) is 3.84. The minimum atomic E-state index is -1.91. The Labute approximate surface area is 174 Å². The fourth-order valence-corrected chi connectivity index (χ4v) is 3.78. The van der Waals surface area contributed by atoms with Crippen molar-refractivity contribution in [2.24, 2.45) is 0 Å². The van der Waals surface area contributed by atoms with Crippen LogP contribution in [0.4, 0.5) is 5.82 Å². The molecule has 30 heavy (non-hydrogen) atoms. The van der Waals surface area contributed by atoms with E-state index < -0.39 is 29.9 Å². The Kier molecular flexibility index (Phi) is 6.55. The number of nitrogens with zero attached hydrogens (tertiary/aromatic N) is 4. The number of nitriles is 1. The molecule has 0 saturated carbocycles. The van der Waals surface area contributed by atoms with Gasteiger partial charge in [-0.25, -0.2) is 9.50 Å². The molecule has 3 rings (SSSR count). The molecule has 1 aliphatic rings. The number of aromatic nitrogens is 3. The summed E-state index contributed by atoms with van der Waals surface area (Å²) in [4.78, 5) is 15.9. The number of hydrogen-bond acceptors (Lipinski definition) is 9. The largest absolute Gasteiger partial charge is 0.463 e. The van der Waals surface area contributed by atoms with Crippen LogP contribution in [-0.4, -0.2) is 55.7 Å². The van der Waals surface area contributed by atoms with E-state index in [0.717, 1.165) is 25.7 Å². The number of ether oxygens (including phenoxy) is 2. The summed E-state index contributed by atoms with van der Waals surface area (Å²) >= 11 is 0. The van der Waals surface area contributed by atoms with E-state index in [9.17, 15) is 20.3 Å². The van der Waals surface area contributed by atoms with Gasteiger partial charge in [-0.3, -0.25) is 4.79 Å². The van der Waals surface area contributed by atoms with Gasteiger partial charge in [0.25, 0.3) is 0 Å². The first kappa shape index (κ1) is 22.0. The maximum atomic E-state index is 11.9. The number of fused-ring (bicyclic) bond motifs is 1. The molecule has 4 atom stereocenters. The molecule has 2 aromatic rings. The summed E-state index contributed by atoms with van der Waals surface area (Å²) in [5, 5.41) is 35.2. The predicted molar refractivity (Wildman–Crippen MR) is 106 cm³/mol. The highest BCUT2D eigenvalue weighted by Crippen LogP contribution is 2.41. The van der Waals surface area contributed by atoms with Crippen LogP contribution in [0.5, 0.6) is 0 Å². The van der Waals surface area contributed by atoms with Crippen molar-refractivity contribution >= 4 is 17.3 Å². The Balaban J connectivity index is 1.79. The molecule has 1 fully saturated rings. The van der Waals surface area contributed by atoms with Crippen LogP contribution in [0, 0.1) is 18.3 Å². The summed E-state index contributed by atoms with van der Waals surface area (Å²) in [6.45, 7) is 3.58. The molecule has 0 bridgehead atoms. The lowest BCUT2D eigenvalue weighted by Gasteiger charge is -2.24. The minimum Gasteiger partial charge on any atom is -0.463 e. The molecule has 10 heteroatoms. The van der Waals surface area contributed by atoms with Crippen LogP contribution in [0.2, 0.25) is 0 Å². The van der Waals surface area contributed by atoms with Gasteiger partial charge in [-0.2, -0.15) is 10.4 Å². The molecule has 0 amide bonds. The van der Waals surface area contributed by atoms with Gasteiger partial charge in [0, 0.05) is 6.42 Å². The zero-order valence-electron chi connectivity index (χ0n) is 17.1. The van der Waals surface area contributed by atoms with Crippen molar-refractivity contribution in [1.82, 2.24) is 14.6 Å². The van der Waals surface area contributed by atoms with Crippen LogP contribution in [0.25, 0.3) is 5.52 Å². The Bertz CT molecular complexity index is 955. The van der Waals surface area contributed by atoms with Gasteiger partial charge in [-0.05, 0) is 25.0 Å². The van der Waals surface area contributed by atoms with Crippen LogP contribution in [-0.2, 0) is 19.9 Å². The highest BCUT2D eigenvalue weighted by atomic mass is 16.6. The maximum Gasteiger partial charge on any atom is 0.305 e. The second-order valence-corrected chi connectivity index (χ2v) is 7.55. The molecule has 0 radical (unpaired) electrons. The first-order valence-corrected chi connectivity index (χ1v) is 10.1. The van der Waals surface area contributed by atoms with Crippen molar-refractivity contribution in [1.29, 1.82) is 5.26 Å². The van der Waals surface area contributed by atoms with Crippen molar-refractivity contribution in [2.75, 3.05) is 12.3 Å². The first-order valence-electron chi connectivity index (χ1n) is 10.1. The Morgan fingerprint density at radius 3 is 2.90 bits per heavy atom. The SMILES string of the molecule is CCCCCCC(=O)OC[C@H]1O[C@@](C#N)(c2cc(C)c3c(N)ncnn23)[C@H](O)[C@@H]1O. The Hall–Kier alpha value is -2.74. The van der Waals surface area contributed by atoms with E-state index in [1.807, 2.05) is 6.07 Å². The van der Waals surface area contributed by atoms with Crippen molar-refractivity contribution < 1.29 is 24.5 Å². The molecule has 3 heterocycles. The van der Waals surface area contributed by atoms with Crippen LogP contribution in [0.3, 0.4) is 0 Å². The zero-order valence-corrected chi connectivity index (χ0v) is 17.1. The summed E-state index contributed by atoms with van der Waals surface area (Å²) < 4.78 is 12.4. The van der Waals surface area contributed by atoms with Gasteiger partial charge in [-0.1, -0.05) is 26.2 Å². The summed E-state index contributed by atoms with van der Waals surface area (Å²) in [7, 11) is 0. The van der Waals surface area contributed by atoms with Crippen LogP contribution < -0.4 is 5.73 Å². The molecule has 10 nitrogen and oxygen atoms in total. The van der Waals surface area contributed by atoms with Gasteiger partial charge >= 0.3 is 5.97 Å². The van der Waals surface area contributed by atoms with E-state index in [1.54, 1.807) is 13.0 Å². The van der Waals surface area contributed by atoms with Gasteiger partial charge in [-0.15, -0.1) is 0 Å². The van der Waals surface area contributed by atoms with Gasteiger partial charge in [0.05, 0.1) is 5.69 Å². The van der Waals surface area contributed by atoms with Gasteiger partial charge in [0.2, 0.25) is 5.60 Å². The molecular weight excluding hydrogens is 390 g/mol. The summed E-state index contributed by atoms with van der Waals surface area (Å²) in [6, 6.07) is 3.58. The zero-order chi connectivity index (χ0) is 21.9. The lowest BCUT2D eigenvalue weighted by molar-refractivity contribution is -0.150. The Morgan fingerprint density at radius 1 is 1.43 bits per heavy atom. The molecule has 1 saturated heterocycles. The summed E-state index contributed by atoms with van der Waals surface area (Å²) in [5.74, 6) is -0.196. The van der Waals surface area contributed by atoms with Crippen molar-refractivity contribution in [3.63, 3.8) is 0 Å². The molecule has 0 aliphatic carbocycles. The number of esters is 1. The molecule has 0 aromatic carbocycles. The number of aliphatic hydroxyl groups is 2. The van der Waals surface area contributed by atoms with Crippen molar-refractivity contribution in [2.45, 2.75) is 69.9 Å². The molecule has 4 N–H and O–H groups in total. The third-order valence-corrected chi connectivity index (χ3v) is 5.42. The number of aliphatic hydroxyl groups excluding tert-OH is 2. The van der Waals surface area contributed by atoms with E-state index >= 15 is 0 Å². The van der Waals surface area contributed by atoms with E-state index in [-0.39, 0.29) is 24.5 Å². The molecule has 0 unspecified atom stereocenters. The Morgan fingerprint density at radius 2 is 2.20 bits per heavy atom. The lowest BCUT2D eigenvalue weighted by atomic mass is 9.92. The van der Waals surface area contributed by atoms with Crippen LogP contribution >= 0.6 is 0 Å². The van der Waals surface area contributed by atoms with Gasteiger partial charge in [0.1, 0.15) is 42.8 Å². The summed E-state index contributed by atoms with van der Waals surface area (Å²) in [6.07, 6.45) is 1.21. The van der Waals surface area contributed by atoms with E-state index in [4.69, 9.17) is 15.2 Å². The predicted octanol–water partition coefficient (Wildman–Crippen LogP) is 0.973. The number of carbonyl (C=O) groups excluding carboxylic acids is 1. The standard InChI is InChI=1S/C20H27N5O5/c1-3-4-5-6-7-15(26)29-9-13-17(27)18(28)20(10-21,30-13)14-8-12(2)16-19(22)23-11-24-25(14)16/h8,11,13,17-18,27-28H,3-7,9H2,1-2H3,(H2,22,23,24)/t13-,17-,18-,20+/m1/s1. The highest BCUT2D eigenvalue weighted by Gasteiger charge is 2.58. The fourth-order valence-electron chi connectivity index (χ4n) is 3.78. The molecular formula is C20H27N5O5. The first-order chi connectivity index (χ1) is 14.4. The fraction of sp³-hybridized carbons (Fsp3) is 0.600. The molecule has 1 aliphatic heterocycles. The van der Waals surface area contributed by atoms with Crippen molar-refractivity contribution in [3.05, 3.63) is 23.7 Å². The van der Waals surface area contributed by atoms with E-state index in [0.29, 0.717) is 11.1 Å². The quantitative estimate of drug-likeness (QED) is 0.420. The smallest absolute Gasteiger partial charge is 0.305 e. The highest BCUT2D eigenvalue weighted by molar-refractivity contribution is 5.71. The number of anilines is 1. The topological polar surface area (TPSA) is 156 Å². The number of nitrogens with two attached hydrogens (primary N) is 1. The van der Waals surface area contributed by atoms with Crippen molar-refractivity contribution in [3.8, 4) is 6.07 Å². The molecule has 162 valence electrons. The lowest BCUT2D eigenvalue weighted by Crippen LogP contribution is -2.41. The maximum absolute atomic E-state index is 11.9. The normalized spacial score (nSPS) is 26.0.